The second kappa shape index (κ2) is 7.31. The predicted molar refractivity (Wildman–Crippen MR) is 63.9 cm³/mol. The molecule has 0 heteroatoms. The van der Waals surface area contributed by atoms with Crippen LogP contribution in [0.25, 0.3) is 0 Å². The third kappa shape index (κ3) is 4.48. The van der Waals surface area contributed by atoms with Crippen LogP contribution in [0.4, 0.5) is 0 Å². The molecule has 82 valence electrons. The van der Waals surface area contributed by atoms with E-state index in [0.717, 1.165) is 18.3 Å². The molecule has 0 aromatic carbocycles. The van der Waals surface area contributed by atoms with Crippen molar-refractivity contribution < 1.29 is 0 Å². The molecule has 0 spiro atoms. The van der Waals surface area contributed by atoms with Crippen molar-refractivity contribution in [3.05, 3.63) is 13.8 Å². The van der Waals surface area contributed by atoms with E-state index >= 15 is 0 Å². The highest BCUT2D eigenvalue weighted by Crippen LogP contribution is 2.33. The maximum atomic E-state index is 4.33. The Kier molecular flexibility index (Phi) is 6.31. The first-order chi connectivity index (χ1) is 6.84. The summed E-state index contributed by atoms with van der Waals surface area (Å²) in [5, 5.41) is 0. The molecule has 0 heterocycles. The number of unbranched alkanes of at least 4 members (excludes halogenated alkanes) is 4. The summed E-state index contributed by atoms with van der Waals surface area (Å²) in [4.78, 5) is 0. The van der Waals surface area contributed by atoms with Crippen molar-refractivity contribution >= 4 is 0 Å². The van der Waals surface area contributed by atoms with E-state index in [9.17, 15) is 0 Å². The first-order valence-electron chi connectivity index (χ1n) is 6.47. The monoisotopic (exact) mass is 194 g/mol. The minimum absolute atomic E-state index is 0.747. The van der Waals surface area contributed by atoms with Crippen LogP contribution in [0.2, 0.25) is 0 Å². The molecule has 1 aliphatic carbocycles. The fourth-order valence-corrected chi connectivity index (χ4v) is 2.60. The lowest BCUT2D eigenvalue weighted by Gasteiger charge is -2.18. The zero-order chi connectivity index (χ0) is 10.2. The van der Waals surface area contributed by atoms with Crippen LogP contribution in [0.3, 0.4) is 0 Å². The summed E-state index contributed by atoms with van der Waals surface area (Å²) in [5.41, 5.74) is 0. The third-order valence-corrected chi connectivity index (χ3v) is 3.64. The summed E-state index contributed by atoms with van der Waals surface area (Å²) in [6.07, 6.45) is 13.8. The quantitative estimate of drug-likeness (QED) is 0.511. The lowest BCUT2D eigenvalue weighted by Crippen LogP contribution is -2.07. The SMILES string of the molecule is [CH2]CCCCCCC([CH2])C1CCCC1. The van der Waals surface area contributed by atoms with Crippen molar-refractivity contribution in [2.45, 2.75) is 64.2 Å². The van der Waals surface area contributed by atoms with Gasteiger partial charge in [0.05, 0.1) is 0 Å². The standard InChI is InChI=1S/C14H26/c1-3-4-5-6-7-10-13(2)14-11-8-9-12-14/h13-14H,1-12H2. The lowest BCUT2D eigenvalue weighted by atomic mass is 9.88. The average molecular weight is 194 g/mol. The van der Waals surface area contributed by atoms with Crippen molar-refractivity contribution in [2.24, 2.45) is 11.8 Å². The summed E-state index contributed by atoms with van der Waals surface area (Å²) in [7, 11) is 0. The van der Waals surface area contributed by atoms with Crippen molar-refractivity contribution in [1.82, 2.24) is 0 Å². The van der Waals surface area contributed by atoms with Gasteiger partial charge in [-0.3, -0.25) is 0 Å². The van der Waals surface area contributed by atoms with E-state index in [0.29, 0.717) is 0 Å². The second-order valence-electron chi connectivity index (χ2n) is 4.86. The molecular formula is C14H26. The highest BCUT2D eigenvalue weighted by molar-refractivity contribution is 4.76. The lowest BCUT2D eigenvalue weighted by molar-refractivity contribution is 0.366. The first-order valence-corrected chi connectivity index (χ1v) is 6.47. The minimum atomic E-state index is 0.747. The van der Waals surface area contributed by atoms with E-state index in [-0.39, 0.29) is 0 Å². The van der Waals surface area contributed by atoms with E-state index in [2.05, 4.69) is 13.8 Å². The number of hydrogen-bond acceptors (Lipinski definition) is 0. The average Bonchev–Trinajstić information content (AvgIpc) is 2.70. The molecule has 1 aliphatic rings. The minimum Gasteiger partial charge on any atom is -0.0533 e. The Morgan fingerprint density at radius 1 is 1.00 bits per heavy atom. The molecule has 0 aliphatic heterocycles. The van der Waals surface area contributed by atoms with Gasteiger partial charge in [0, 0.05) is 0 Å². The van der Waals surface area contributed by atoms with E-state index in [4.69, 9.17) is 0 Å². The van der Waals surface area contributed by atoms with E-state index in [1.807, 2.05) is 0 Å². The van der Waals surface area contributed by atoms with E-state index in [1.165, 1.54) is 57.8 Å². The molecule has 1 fully saturated rings. The smallest absolute Gasteiger partial charge is 0.0386 e. The zero-order valence-electron chi connectivity index (χ0n) is 9.64. The Bertz CT molecular complexity index is 122. The van der Waals surface area contributed by atoms with Crippen LogP contribution in [0.1, 0.15) is 64.2 Å². The summed E-state index contributed by atoms with van der Waals surface area (Å²) in [6, 6.07) is 0. The number of hydrogen-bond donors (Lipinski definition) is 0. The molecule has 0 bridgehead atoms. The van der Waals surface area contributed by atoms with Crippen molar-refractivity contribution in [1.29, 1.82) is 0 Å². The van der Waals surface area contributed by atoms with Crippen molar-refractivity contribution in [3.63, 3.8) is 0 Å². The maximum Gasteiger partial charge on any atom is -0.0386 e. The molecule has 0 aromatic heterocycles. The van der Waals surface area contributed by atoms with Gasteiger partial charge in [-0.1, -0.05) is 71.1 Å². The van der Waals surface area contributed by atoms with Crippen LogP contribution in [-0.4, -0.2) is 0 Å². The van der Waals surface area contributed by atoms with Crippen molar-refractivity contribution in [2.75, 3.05) is 0 Å². The summed E-state index contributed by atoms with van der Waals surface area (Å²) < 4.78 is 0. The first kappa shape index (κ1) is 12.1. The summed E-state index contributed by atoms with van der Waals surface area (Å²) >= 11 is 0. The molecule has 1 saturated carbocycles. The van der Waals surface area contributed by atoms with Gasteiger partial charge in [-0.25, -0.2) is 0 Å². The van der Waals surface area contributed by atoms with Crippen LogP contribution in [0, 0.1) is 25.7 Å². The van der Waals surface area contributed by atoms with Gasteiger partial charge in [0.25, 0.3) is 0 Å². The Morgan fingerprint density at radius 3 is 2.29 bits per heavy atom. The fraction of sp³-hybridized carbons (Fsp3) is 0.857. The molecule has 1 atom stereocenters. The fourth-order valence-electron chi connectivity index (χ4n) is 2.60. The number of rotatable bonds is 7. The van der Waals surface area contributed by atoms with Crippen LogP contribution in [0.5, 0.6) is 0 Å². The van der Waals surface area contributed by atoms with Crippen LogP contribution >= 0.6 is 0 Å². The molecular weight excluding hydrogens is 168 g/mol. The van der Waals surface area contributed by atoms with Gasteiger partial charge in [0.1, 0.15) is 0 Å². The molecule has 1 unspecified atom stereocenters. The topological polar surface area (TPSA) is 0 Å². The van der Waals surface area contributed by atoms with Gasteiger partial charge in [0.15, 0.2) is 0 Å². The van der Waals surface area contributed by atoms with E-state index in [1.54, 1.807) is 0 Å². The molecule has 0 amide bonds. The summed E-state index contributed by atoms with van der Waals surface area (Å²) in [5.74, 6) is 1.71. The molecule has 14 heavy (non-hydrogen) atoms. The van der Waals surface area contributed by atoms with Gasteiger partial charge < -0.3 is 0 Å². The normalized spacial score (nSPS) is 20.1. The highest BCUT2D eigenvalue weighted by atomic mass is 14.3. The summed E-state index contributed by atoms with van der Waals surface area (Å²) in [6.45, 7) is 8.19. The molecule has 2 radical (unpaired) electrons. The van der Waals surface area contributed by atoms with Gasteiger partial charge in [0.2, 0.25) is 0 Å². The van der Waals surface area contributed by atoms with Gasteiger partial charge in [-0.05, 0) is 18.8 Å². The Hall–Kier alpha value is 0. The maximum absolute atomic E-state index is 4.33. The van der Waals surface area contributed by atoms with Crippen LogP contribution in [-0.2, 0) is 0 Å². The van der Waals surface area contributed by atoms with Gasteiger partial charge in [-0.15, -0.1) is 0 Å². The molecule has 0 N–H and O–H groups in total. The third-order valence-electron chi connectivity index (χ3n) is 3.64. The molecule has 0 saturated heterocycles. The zero-order valence-corrected chi connectivity index (χ0v) is 9.64. The van der Waals surface area contributed by atoms with Crippen molar-refractivity contribution in [3.8, 4) is 0 Å². The molecule has 1 rings (SSSR count). The van der Waals surface area contributed by atoms with E-state index < -0.39 is 0 Å². The van der Waals surface area contributed by atoms with Gasteiger partial charge in [-0.2, -0.15) is 0 Å². The largest absolute Gasteiger partial charge is 0.0533 e. The second-order valence-corrected chi connectivity index (χ2v) is 4.86. The van der Waals surface area contributed by atoms with Crippen LogP contribution < -0.4 is 0 Å². The molecule has 0 aromatic rings. The Balaban J connectivity index is 1.94. The van der Waals surface area contributed by atoms with Gasteiger partial charge >= 0.3 is 0 Å². The Labute approximate surface area is 90.5 Å². The molecule has 0 nitrogen and oxygen atoms in total. The Morgan fingerprint density at radius 2 is 1.64 bits per heavy atom. The predicted octanol–water partition coefficient (Wildman–Crippen LogP) is 4.80. The highest BCUT2D eigenvalue weighted by Gasteiger charge is 2.20. The van der Waals surface area contributed by atoms with Crippen LogP contribution in [0.15, 0.2) is 0 Å².